The Morgan fingerprint density at radius 2 is 2.27 bits per heavy atom. The van der Waals surface area contributed by atoms with E-state index in [1.165, 1.54) is 0 Å². The van der Waals surface area contributed by atoms with Crippen molar-refractivity contribution >= 4 is 5.78 Å². The van der Waals surface area contributed by atoms with E-state index in [1.54, 1.807) is 13.0 Å². The van der Waals surface area contributed by atoms with Crippen molar-refractivity contribution in [3.8, 4) is 6.07 Å². The summed E-state index contributed by atoms with van der Waals surface area (Å²) in [7, 11) is 0. The Morgan fingerprint density at radius 1 is 1.53 bits per heavy atom. The second kappa shape index (κ2) is 3.74. The van der Waals surface area contributed by atoms with Crippen molar-refractivity contribution < 1.29 is 9.53 Å². The van der Waals surface area contributed by atoms with Crippen LogP contribution in [0.2, 0.25) is 0 Å². The largest absolute Gasteiger partial charge is 0.482 e. The number of hydrogen-bond acceptors (Lipinski definition) is 3. The predicted octanol–water partition coefficient (Wildman–Crippen LogP) is 1.74. The number of nitrogens with zero attached hydrogens (tertiary/aromatic N) is 1. The first-order chi connectivity index (χ1) is 7.22. The highest BCUT2D eigenvalue weighted by molar-refractivity contribution is 5.97. The maximum atomic E-state index is 11.7. The van der Waals surface area contributed by atoms with Crippen LogP contribution in [0.15, 0.2) is 36.1 Å². The molecule has 0 bridgehead atoms. The maximum Gasteiger partial charge on any atom is 0.213 e. The molecule has 0 spiro atoms. The van der Waals surface area contributed by atoms with Crippen LogP contribution in [0.25, 0.3) is 0 Å². The topological polar surface area (TPSA) is 50.1 Å². The Bertz CT molecular complexity index is 412. The quantitative estimate of drug-likeness (QED) is 0.683. The van der Waals surface area contributed by atoms with E-state index in [4.69, 9.17) is 10.00 Å². The summed E-state index contributed by atoms with van der Waals surface area (Å²) in [6.07, 6.45) is 9.46. The number of ether oxygens (including phenoxy) is 1. The third-order valence-corrected chi connectivity index (χ3v) is 2.56. The Morgan fingerprint density at radius 3 is 2.93 bits per heavy atom. The zero-order valence-electron chi connectivity index (χ0n) is 8.38. The van der Waals surface area contributed by atoms with Gasteiger partial charge >= 0.3 is 0 Å². The van der Waals surface area contributed by atoms with Gasteiger partial charge in [-0.25, -0.2) is 0 Å². The number of Topliss-reactive ketones (excluding diaryl/α,β-unsaturated/α-hetero) is 1. The first kappa shape index (κ1) is 9.72. The van der Waals surface area contributed by atoms with Crippen LogP contribution in [0.1, 0.15) is 6.92 Å². The van der Waals surface area contributed by atoms with Crippen LogP contribution in [0.5, 0.6) is 0 Å². The van der Waals surface area contributed by atoms with Crippen LogP contribution < -0.4 is 0 Å². The number of hydrogen-bond donors (Lipinski definition) is 0. The molecular formula is C12H11NO2. The lowest BCUT2D eigenvalue weighted by molar-refractivity contribution is -0.120. The minimum absolute atomic E-state index is 0.0696. The van der Waals surface area contributed by atoms with E-state index in [2.05, 4.69) is 0 Å². The molecule has 0 radical (unpaired) electrons. The molecule has 15 heavy (non-hydrogen) atoms. The van der Waals surface area contributed by atoms with E-state index >= 15 is 0 Å². The average Bonchev–Trinajstić information content (AvgIpc) is 2.70. The summed E-state index contributed by atoms with van der Waals surface area (Å²) in [4.78, 5) is 11.7. The van der Waals surface area contributed by atoms with Crippen LogP contribution in [0.4, 0.5) is 0 Å². The minimum Gasteiger partial charge on any atom is -0.482 e. The molecule has 0 saturated heterocycles. The van der Waals surface area contributed by atoms with Crippen molar-refractivity contribution in [2.45, 2.75) is 13.0 Å². The van der Waals surface area contributed by atoms with Crippen molar-refractivity contribution in [3.63, 3.8) is 0 Å². The minimum atomic E-state index is -0.635. The third-order valence-electron chi connectivity index (χ3n) is 2.56. The molecule has 0 aromatic heterocycles. The van der Waals surface area contributed by atoms with Crippen LogP contribution >= 0.6 is 0 Å². The molecule has 0 aromatic carbocycles. The zero-order valence-corrected chi connectivity index (χ0v) is 8.38. The summed E-state index contributed by atoms with van der Waals surface area (Å²) < 4.78 is 5.47. The Kier molecular flexibility index (Phi) is 2.42. The molecule has 3 heteroatoms. The summed E-state index contributed by atoms with van der Waals surface area (Å²) in [5.41, 5.74) is 0. The first-order valence-corrected chi connectivity index (χ1v) is 4.89. The average molecular weight is 201 g/mol. The second-order valence-corrected chi connectivity index (χ2v) is 3.68. The van der Waals surface area contributed by atoms with E-state index in [1.807, 2.05) is 30.4 Å². The molecule has 3 atom stereocenters. The number of rotatable bonds is 2. The standard InChI is InChI=1S/C12H11NO2/c1-8(7-13)12(14)11-6-9-4-2-3-5-10(9)15-11/h2-6,8-10H,1H3. The van der Waals surface area contributed by atoms with Crippen LogP contribution in [-0.2, 0) is 9.53 Å². The van der Waals surface area contributed by atoms with Gasteiger partial charge in [0.1, 0.15) is 12.0 Å². The molecule has 0 amide bonds. The van der Waals surface area contributed by atoms with Gasteiger partial charge in [0.25, 0.3) is 0 Å². The number of carbonyl (C=O) groups is 1. The van der Waals surface area contributed by atoms with Crippen molar-refractivity contribution in [1.29, 1.82) is 5.26 Å². The molecule has 3 nitrogen and oxygen atoms in total. The van der Waals surface area contributed by atoms with Gasteiger partial charge in [0.2, 0.25) is 5.78 Å². The van der Waals surface area contributed by atoms with E-state index < -0.39 is 5.92 Å². The van der Waals surface area contributed by atoms with Gasteiger partial charge in [0.05, 0.1) is 6.07 Å². The van der Waals surface area contributed by atoms with Crippen molar-refractivity contribution in [1.82, 2.24) is 0 Å². The number of fused-ring (bicyclic) bond motifs is 1. The monoisotopic (exact) mass is 201 g/mol. The van der Waals surface area contributed by atoms with E-state index in [0.29, 0.717) is 5.76 Å². The van der Waals surface area contributed by atoms with Gasteiger partial charge in [-0.05, 0) is 19.1 Å². The smallest absolute Gasteiger partial charge is 0.213 e. The maximum absolute atomic E-state index is 11.7. The zero-order chi connectivity index (χ0) is 10.8. The van der Waals surface area contributed by atoms with E-state index in [9.17, 15) is 4.79 Å². The summed E-state index contributed by atoms with van der Waals surface area (Å²) in [6, 6.07) is 1.92. The molecule has 1 heterocycles. The fourth-order valence-corrected chi connectivity index (χ4v) is 1.65. The van der Waals surface area contributed by atoms with Gasteiger partial charge in [-0.3, -0.25) is 4.79 Å². The summed E-state index contributed by atoms with van der Waals surface area (Å²) >= 11 is 0. The normalized spacial score (nSPS) is 28.7. The lowest BCUT2D eigenvalue weighted by atomic mass is 9.98. The third kappa shape index (κ3) is 1.71. The van der Waals surface area contributed by atoms with Crippen LogP contribution in [0.3, 0.4) is 0 Å². The van der Waals surface area contributed by atoms with Crippen LogP contribution in [-0.4, -0.2) is 11.9 Å². The van der Waals surface area contributed by atoms with Gasteiger partial charge in [-0.2, -0.15) is 5.26 Å². The molecule has 2 rings (SSSR count). The van der Waals surface area contributed by atoms with Crippen molar-refractivity contribution in [2.24, 2.45) is 11.8 Å². The first-order valence-electron chi connectivity index (χ1n) is 4.89. The molecule has 1 aliphatic carbocycles. The molecule has 0 N–H and O–H groups in total. The number of nitriles is 1. The molecule has 76 valence electrons. The lowest BCUT2D eigenvalue weighted by Gasteiger charge is -2.14. The molecule has 2 aliphatic rings. The molecule has 3 unspecified atom stereocenters. The summed E-state index contributed by atoms with van der Waals surface area (Å²) in [6.45, 7) is 1.58. The Hall–Kier alpha value is -1.82. The van der Waals surface area contributed by atoms with Gasteiger partial charge < -0.3 is 4.74 Å². The highest BCUT2D eigenvalue weighted by Crippen LogP contribution is 2.29. The number of ketones is 1. The number of carbonyl (C=O) groups excluding carboxylic acids is 1. The van der Waals surface area contributed by atoms with Gasteiger partial charge in [-0.1, -0.05) is 18.2 Å². The fourth-order valence-electron chi connectivity index (χ4n) is 1.65. The summed E-state index contributed by atoms with van der Waals surface area (Å²) in [5, 5.41) is 8.64. The van der Waals surface area contributed by atoms with Crippen molar-refractivity contribution in [3.05, 3.63) is 36.1 Å². The Labute approximate surface area is 88.3 Å². The lowest BCUT2D eigenvalue weighted by Crippen LogP contribution is -2.16. The molecule has 0 aromatic rings. The van der Waals surface area contributed by atoms with Gasteiger partial charge in [0.15, 0.2) is 5.76 Å². The number of allylic oxidation sites excluding steroid dienone is 3. The molecule has 0 saturated carbocycles. The van der Waals surface area contributed by atoms with Gasteiger partial charge in [0, 0.05) is 5.92 Å². The Balaban J connectivity index is 2.15. The summed E-state index contributed by atoms with van der Waals surface area (Å²) in [5.74, 6) is -0.395. The SMILES string of the molecule is CC(C#N)C(=O)C1=CC2C=CC=CC2O1. The highest BCUT2D eigenvalue weighted by atomic mass is 16.5. The predicted molar refractivity (Wildman–Crippen MR) is 54.5 cm³/mol. The molecular weight excluding hydrogens is 190 g/mol. The van der Waals surface area contributed by atoms with E-state index in [0.717, 1.165) is 0 Å². The molecule has 1 aliphatic heterocycles. The van der Waals surface area contributed by atoms with Crippen molar-refractivity contribution in [2.75, 3.05) is 0 Å². The fraction of sp³-hybridized carbons (Fsp3) is 0.333. The van der Waals surface area contributed by atoms with Gasteiger partial charge in [-0.15, -0.1) is 0 Å². The molecule has 0 fully saturated rings. The highest BCUT2D eigenvalue weighted by Gasteiger charge is 2.31. The van der Waals surface area contributed by atoms with E-state index in [-0.39, 0.29) is 17.8 Å². The van der Waals surface area contributed by atoms with Crippen LogP contribution in [0, 0.1) is 23.2 Å². The second-order valence-electron chi connectivity index (χ2n) is 3.68.